The maximum absolute atomic E-state index is 12.2. The zero-order valence-electron chi connectivity index (χ0n) is 18.6. The van der Waals surface area contributed by atoms with Crippen LogP contribution in [0.1, 0.15) is 18.1 Å². The third-order valence-electron chi connectivity index (χ3n) is 4.89. The third-order valence-corrected chi connectivity index (χ3v) is 5.34. The molecule has 3 aromatic carbocycles. The number of anilines is 1. The Morgan fingerprint density at radius 1 is 1.09 bits per heavy atom. The summed E-state index contributed by atoms with van der Waals surface area (Å²) < 4.78 is 5.48. The molecule has 1 aromatic heterocycles. The predicted molar refractivity (Wildman–Crippen MR) is 140 cm³/mol. The minimum Gasteiger partial charge on any atom is -0.494 e. The molecule has 1 heterocycles. The zero-order chi connectivity index (χ0) is 24.1. The first-order valence-corrected chi connectivity index (χ1v) is 11.4. The van der Waals surface area contributed by atoms with Crippen molar-refractivity contribution in [2.45, 2.75) is 13.8 Å². The summed E-state index contributed by atoms with van der Waals surface area (Å²) in [5.41, 5.74) is 4.77. The molecule has 0 radical (unpaired) electrons. The average molecular weight is 492 g/mol. The Morgan fingerprint density at radius 3 is 2.44 bits per heavy atom. The summed E-state index contributed by atoms with van der Waals surface area (Å²) in [4.78, 5) is 13.8. The monoisotopic (exact) mass is 491 g/mol. The first kappa shape index (κ1) is 23.4. The molecule has 0 bridgehead atoms. The highest BCUT2D eigenvalue weighted by atomic mass is 35.5. The van der Waals surface area contributed by atoms with Crippen LogP contribution in [0.25, 0.3) is 22.8 Å². The molecular weight excluding hydrogens is 470 g/mol. The van der Waals surface area contributed by atoms with Gasteiger partial charge in [-0.25, -0.2) is 0 Å². The van der Waals surface area contributed by atoms with Crippen molar-refractivity contribution >= 4 is 57.6 Å². The summed E-state index contributed by atoms with van der Waals surface area (Å²) >= 11 is 11.2. The lowest BCUT2D eigenvalue weighted by Crippen LogP contribution is -2.33. The van der Waals surface area contributed by atoms with Gasteiger partial charge < -0.3 is 10.1 Å². The highest BCUT2D eigenvalue weighted by molar-refractivity contribution is 7.80. The first-order chi connectivity index (χ1) is 16.4. The van der Waals surface area contributed by atoms with E-state index in [0.29, 0.717) is 17.1 Å². The number of carbonyl (C=O) groups excluding carboxylic acids is 1. The van der Waals surface area contributed by atoms with Crippen LogP contribution in [-0.4, -0.2) is 32.6 Å². The summed E-state index contributed by atoms with van der Waals surface area (Å²) in [6.45, 7) is 4.49. The Labute approximate surface area is 207 Å². The molecule has 1 amide bonds. The topological polar surface area (TPSA) is 81.1 Å². The van der Waals surface area contributed by atoms with Gasteiger partial charge in [0.05, 0.1) is 12.3 Å². The molecule has 9 heteroatoms. The van der Waals surface area contributed by atoms with Crippen molar-refractivity contribution < 1.29 is 9.53 Å². The van der Waals surface area contributed by atoms with E-state index in [1.807, 2.05) is 62.4 Å². The second-order valence-corrected chi connectivity index (χ2v) is 8.25. The summed E-state index contributed by atoms with van der Waals surface area (Å²) in [5, 5.41) is 15.7. The van der Waals surface area contributed by atoms with Gasteiger partial charge >= 0.3 is 0 Å². The van der Waals surface area contributed by atoms with Crippen LogP contribution in [0.15, 0.2) is 66.7 Å². The number of benzene rings is 3. The van der Waals surface area contributed by atoms with Crippen molar-refractivity contribution in [1.82, 2.24) is 20.3 Å². The number of aryl methyl sites for hydroxylation is 1. The van der Waals surface area contributed by atoms with Crippen molar-refractivity contribution in [1.29, 1.82) is 0 Å². The lowest BCUT2D eigenvalue weighted by Gasteiger charge is -2.10. The van der Waals surface area contributed by atoms with Gasteiger partial charge in [0.1, 0.15) is 16.8 Å². The molecule has 0 spiro atoms. The summed E-state index contributed by atoms with van der Waals surface area (Å²) in [7, 11) is 0. The molecule has 172 valence electrons. The molecule has 4 aromatic rings. The lowest BCUT2D eigenvalue weighted by molar-refractivity contribution is -0.115. The van der Waals surface area contributed by atoms with Gasteiger partial charge in [0.25, 0.3) is 0 Å². The Kier molecular flexibility index (Phi) is 7.20. The normalized spacial score (nSPS) is 11.0. The number of carbonyl (C=O) groups is 1. The number of hydrogen-bond donors (Lipinski definition) is 2. The fourth-order valence-corrected chi connectivity index (χ4v) is 3.55. The smallest absolute Gasteiger partial charge is 0.250 e. The fourth-order valence-electron chi connectivity index (χ4n) is 3.21. The number of aromatic nitrogens is 3. The van der Waals surface area contributed by atoms with Crippen LogP contribution in [0.3, 0.4) is 0 Å². The van der Waals surface area contributed by atoms with E-state index in [1.54, 1.807) is 23.0 Å². The maximum atomic E-state index is 12.2. The van der Waals surface area contributed by atoms with E-state index in [-0.39, 0.29) is 11.0 Å². The quantitative estimate of drug-likeness (QED) is 0.281. The number of nitrogens with zero attached hydrogens (tertiary/aromatic N) is 3. The van der Waals surface area contributed by atoms with E-state index in [4.69, 9.17) is 28.6 Å². The van der Waals surface area contributed by atoms with Gasteiger partial charge in [-0.3, -0.25) is 10.1 Å². The van der Waals surface area contributed by atoms with Gasteiger partial charge in [-0.15, -0.1) is 10.2 Å². The van der Waals surface area contributed by atoms with Gasteiger partial charge in [0.2, 0.25) is 5.91 Å². The molecule has 0 fully saturated rings. The number of amides is 1. The van der Waals surface area contributed by atoms with Gasteiger partial charge in [-0.1, -0.05) is 23.7 Å². The van der Waals surface area contributed by atoms with Gasteiger partial charge in [-0.05, 0) is 91.8 Å². The van der Waals surface area contributed by atoms with Crippen molar-refractivity contribution in [3.05, 3.63) is 82.9 Å². The Balaban J connectivity index is 1.44. The number of hydrogen-bond acceptors (Lipinski definition) is 5. The fraction of sp³-hybridized carbons (Fsp3) is 0.120. The van der Waals surface area contributed by atoms with Crippen LogP contribution >= 0.6 is 23.8 Å². The lowest BCUT2D eigenvalue weighted by atomic mass is 10.2. The van der Waals surface area contributed by atoms with Crippen molar-refractivity contribution in [2.24, 2.45) is 0 Å². The molecule has 2 N–H and O–H groups in total. The minimum atomic E-state index is -0.340. The van der Waals surface area contributed by atoms with E-state index in [1.165, 1.54) is 6.08 Å². The molecule has 4 rings (SSSR count). The molecule has 7 nitrogen and oxygen atoms in total. The predicted octanol–water partition coefficient (Wildman–Crippen LogP) is 5.31. The Bertz CT molecular complexity index is 1360. The van der Waals surface area contributed by atoms with Crippen LogP contribution in [0.5, 0.6) is 5.75 Å². The largest absolute Gasteiger partial charge is 0.494 e. The molecular formula is C25H22ClN5O2S. The number of fused-ring (bicyclic) bond motifs is 1. The average Bonchev–Trinajstić information content (AvgIpc) is 3.22. The molecule has 0 saturated heterocycles. The summed E-state index contributed by atoms with van der Waals surface area (Å²) in [6.07, 6.45) is 3.10. The molecule has 34 heavy (non-hydrogen) atoms. The van der Waals surface area contributed by atoms with E-state index >= 15 is 0 Å². The number of thiocarbonyl (C=S) groups is 1. The van der Waals surface area contributed by atoms with Gasteiger partial charge in [-0.2, -0.15) is 4.80 Å². The van der Waals surface area contributed by atoms with E-state index < -0.39 is 0 Å². The van der Waals surface area contributed by atoms with Crippen molar-refractivity contribution in [3.63, 3.8) is 0 Å². The van der Waals surface area contributed by atoms with Crippen molar-refractivity contribution in [2.75, 3.05) is 11.9 Å². The number of halogens is 1. The molecule has 0 unspecified atom stereocenters. The number of rotatable bonds is 6. The maximum Gasteiger partial charge on any atom is 0.250 e. The Hall–Kier alpha value is -3.75. The van der Waals surface area contributed by atoms with Crippen LogP contribution < -0.4 is 15.4 Å². The highest BCUT2D eigenvalue weighted by Gasteiger charge is 2.10. The zero-order valence-corrected chi connectivity index (χ0v) is 20.2. The van der Waals surface area contributed by atoms with Gasteiger partial charge in [0.15, 0.2) is 5.11 Å². The van der Waals surface area contributed by atoms with Crippen LogP contribution in [0.4, 0.5) is 5.69 Å². The minimum absolute atomic E-state index is 0.187. The van der Waals surface area contributed by atoms with Crippen LogP contribution in [0.2, 0.25) is 5.02 Å². The summed E-state index contributed by atoms with van der Waals surface area (Å²) in [5.74, 6) is 0.455. The number of nitrogens with one attached hydrogen (secondary N) is 2. The van der Waals surface area contributed by atoms with Gasteiger partial charge in [0, 0.05) is 16.8 Å². The SMILES string of the molecule is CCOc1ccc(-n2nc3cc(C)c(NC(=S)NC(=O)/C=C/c4ccc(Cl)cc4)cc3n2)cc1. The summed E-state index contributed by atoms with van der Waals surface area (Å²) in [6, 6.07) is 18.5. The van der Waals surface area contributed by atoms with E-state index in [2.05, 4.69) is 20.8 Å². The third kappa shape index (κ3) is 5.78. The van der Waals surface area contributed by atoms with Crippen molar-refractivity contribution in [3.8, 4) is 11.4 Å². The van der Waals surface area contributed by atoms with E-state index in [9.17, 15) is 4.79 Å². The molecule has 0 aliphatic heterocycles. The molecule has 0 aliphatic rings. The molecule has 0 atom stereocenters. The molecule has 0 saturated carbocycles. The number of ether oxygens (including phenoxy) is 1. The first-order valence-electron chi connectivity index (χ1n) is 10.6. The highest BCUT2D eigenvalue weighted by Crippen LogP contribution is 2.23. The van der Waals surface area contributed by atoms with Crippen LogP contribution in [-0.2, 0) is 4.79 Å². The van der Waals surface area contributed by atoms with E-state index in [0.717, 1.165) is 33.8 Å². The Morgan fingerprint density at radius 2 is 1.76 bits per heavy atom. The van der Waals surface area contributed by atoms with Crippen LogP contribution in [0, 0.1) is 6.92 Å². The second-order valence-electron chi connectivity index (χ2n) is 7.40. The molecule has 0 aliphatic carbocycles. The second kappa shape index (κ2) is 10.5. The standard InChI is InChI=1S/C25H22ClN5O2S/c1-3-33-20-11-9-19(10-12-20)31-29-22-14-16(2)21(15-23(22)30-31)27-25(34)28-24(32)13-6-17-4-7-18(26)8-5-17/h4-15H,3H2,1-2H3,(H2,27,28,32,34)/b13-6+.